The summed E-state index contributed by atoms with van der Waals surface area (Å²) in [6.45, 7) is 0.576. The Balaban J connectivity index is 1.16. The van der Waals surface area contributed by atoms with Gasteiger partial charge in [-0.2, -0.15) is 0 Å². The second-order valence-electron chi connectivity index (χ2n) is 9.32. The number of imidazole rings is 2. The van der Waals surface area contributed by atoms with Crippen molar-refractivity contribution in [3.8, 4) is 0 Å². The molecule has 0 radical (unpaired) electrons. The molecule has 1 fully saturated rings. The van der Waals surface area contributed by atoms with Gasteiger partial charge in [-0.1, -0.05) is 22.9 Å². The third kappa shape index (κ3) is 4.90. The first-order valence-electron chi connectivity index (χ1n) is 12.0. The van der Waals surface area contributed by atoms with E-state index >= 15 is 0 Å². The van der Waals surface area contributed by atoms with E-state index in [1.54, 1.807) is 29.3 Å². The quantitative estimate of drug-likeness (QED) is 0.308. The van der Waals surface area contributed by atoms with E-state index in [0.717, 1.165) is 22.4 Å². The van der Waals surface area contributed by atoms with Gasteiger partial charge in [0, 0.05) is 30.0 Å². The number of nitrogens with two attached hydrogens (primary N) is 1. The molecule has 188 valence electrons. The van der Waals surface area contributed by atoms with Crippen molar-refractivity contribution < 1.29 is 9.59 Å². The largest absolute Gasteiger partial charge is 0.370 e. The van der Waals surface area contributed by atoms with Crippen molar-refractivity contribution >= 4 is 34.6 Å². The number of hydrogen-bond donors (Lipinski definition) is 2. The highest BCUT2D eigenvalue weighted by atomic mass is 35.5. The van der Waals surface area contributed by atoms with Crippen LogP contribution >= 0.6 is 11.6 Å². The maximum absolute atomic E-state index is 12.7. The normalized spacial score (nSPS) is 13.4. The molecule has 3 N–H and O–H groups in total. The highest BCUT2D eigenvalue weighted by molar-refractivity contribution is 6.30. The highest BCUT2D eigenvalue weighted by Crippen LogP contribution is 2.40. The van der Waals surface area contributed by atoms with E-state index in [1.807, 2.05) is 21.2 Å². The minimum atomic E-state index is -0.354. The Bertz CT molecular complexity index is 1650. The zero-order valence-electron chi connectivity index (χ0n) is 19.8. The van der Waals surface area contributed by atoms with Crippen LogP contribution in [0.3, 0.4) is 0 Å². The Morgan fingerprint density at radius 2 is 2.03 bits per heavy atom. The lowest BCUT2D eigenvalue weighted by molar-refractivity contribution is -0.117. The summed E-state index contributed by atoms with van der Waals surface area (Å²) >= 11 is 6.09. The first-order chi connectivity index (χ1) is 17.9. The van der Waals surface area contributed by atoms with Crippen LogP contribution in [0.15, 0.2) is 49.3 Å². The second-order valence-corrected chi connectivity index (χ2v) is 9.75. The fourth-order valence-electron chi connectivity index (χ4n) is 4.45. The summed E-state index contributed by atoms with van der Waals surface area (Å²) in [5.41, 5.74) is 10.9. The summed E-state index contributed by atoms with van der Waals surface area (Å²) < 4.78 is 5.42. The summed E-state index contributed by atoms with van der Waals surface area (Å²) in [4.78, 5) is 33.2. The lowest BCUT2D eigenvalue weighted by Gasteiger charge is -2.06. The fourth-order valence-corrected chi connectivity index (χ4v) is 4.61. The summed E-state index contributed by atoms with van der Waals surface area (Å²) in [6, 6.07) is 5.71. The number of amides is 2. The smallest absolute Gasteiger partial charge is 0.273 e. The average Bonchev–Trinajstić information content (AvgIpc) is 3.28. The predicted molar refractivity (Wildman–Crippen MR) is 135 cm³/mol. The van der Waals surface area contributed by atoms with Crippen LogP contribution in [0.4, 0.5) is 0 Å². The van der Waals surface area contributed by atoms with Crippen LogP contribution in [0.5, 0.6) is 0 Å². The monoisotopic (exact) mass is 517 g/mol. The first kappa shape index (κ1) is 23.2. The van der Waals surface area contributed by atoms with Gasteiger partial charge in [-0.15, -0.1) is 5.10 Å². The highest BCUT2D eigenvalue weighted by Gasteiger charge is 2.25. The first-order valence-corrected chi connectivity index (χ1v) is 12.4. The molecule has 6 rings (SSSR count). The van der Waals surface area contributed by atoms with Gasteiger partial charge in [0.05, 0.1) is 42.5 Å². The van der Waals surface area contributed by atoms with Gasteiger partial charge in [0.1, 0.15) is 5.65 Å². The molecular formula is C25H24ClN9O2. The SMILES string of the molecule is NC(=O)CCc1cc(C2CC2)cn2cc(Cn3cc(C(=O)NCc4ncn5ccc(Cl)cc45)nn3)nc12. The molecule has 5 aromatic heterocycles. The van der Waals surface area contributed by atoms with Crippen LogP contribution in [0, 0.1) is 0 Å². The summed E-state index contributed by atoms with van der Waals surface area (Å²) in [7, 11) is 0. The van der Waals surface area contributed by atoms with Crippen LogP contribution in [0.1, 0.15) is 58.2 Å². The molecule has 0 bridgehead atoms. The molecule has 1 aliphatic carbocycles. The molecule has 0 saturated heterocycles. The summed E-state index contributed by atoms with van der Waals surface area (Å²) in [5.74, 6) is -0.122. The molecule has 12 heteroatoms. The van der Waals surface area contributed by atoms with E-state index in [9.17, 15) is 9.59 Å². The molecule has 0 unspecified atom stereocenters. The van der Waals surface area contributed by atoms with Crippen molar-refractivity contribution in [1.29, 1.82) is 0 Å². The van der Waals surface area contributed by atoms with Crippen molar-refractivity contribution in [2.75, 3.05) is 0 Å². The second kappa shape index (κ2) is 9.32. The van der Waals surface area contributed by atoms with Crippen molar-refractivity contribution in [2.24, 2.45) is 5.73 Å². The molecule has 11 nitrogen and oxygen atoms in total. The number of aryl methyl sites for hydroxylation is 1. The Morgan fingerprint density at radius 1 is 1.16 bits per heavy atom. The van der Waals surface area contributed by atoms with Gasteiger partial charge in [0.2, 0.25) is 5.91 Å². The molecule has 2 amide bonds. The minimum Gasteiger partial charge on any atom is -0.370 e. The third-order valence-corrected chi connectivity index (χ3v) is 6.72. The molecule has 5 aromatic rings. The number of hydrogen-bond acceptors (Lipinski definition) is 6. The van der Waals surface area contributed by atoms with Crippen molar-refractivity contribution in [1.82, 2.24) is 39.1 Å². The Hall–Kier alpha value is -4.25. The lowest BCUT2D eigenvalue weighted by atomic mass is 10.1. The number of aromatic nitrogens is 7. The fraction of sp³-hybridized carbons (Fsp3) is 0.280. The van der Waals surface area contributed by atoms with E-state index < -0.39 is 0 Å². The lowest BCUT2D eigenvalue weighted by Crippen LogP contribution is -2.23. The van der Waals surface area contributed by atoms with Crippen LogP contribution in [0.2, 0.25) is 5.02 Å². The number of fused-ring (bicyclic) bond motifs is 2. The van der Waals surface area contributed by atoms with Crippen LogP contribution in [0.25, 0.3) is 11.2 Å². The van der Waals surface area contributed by atoms with Gasteiger partial charge in [0.25, 0.3) is 5.91 Å². The van der Waals surface area contributed by atoms with E-state index in [4.69, 9.17) is 22.3 Å². The topological polar surface area (TPSA) is 138 Å². The molecule has 0 aromatic carbocycles. The van der Waals surface area contributed by atoms with Crippen molar-refractivity contribution in [3.05, 3.63) is 82.5 Å². The molecule has 1 saturated carbocycles. The standard InChI is InChI=1S/C25H24ClN9O2/c26-18-5-6-33-14-29-20(22(33)8-18)9-28-25(37)21-13-35(32-31-21)12-19-11-34-10-17(15-1-2-15)7-16(24(34)30-19)3-4-23(27)36/h5-8,10-11,13-15H,1-4,9,12H2,(H2,27,36)(H,28,37). The molecule has 0 aliphatic heterocycles. The van der Waals surface area contributed by atoms with Crippen LogP contribution in [-0.4, -0.2) is 45.6 Å². The van der Waals surface area contributed by atoms with E-state index in [2.05, 4.69) is 32.9 Å². The van der Waals surface area contributed by atoms with E-state index in [1.165, 1.54) is 18.4 Å². The molecule has 0 atom stereocenters. The summed E-state index contributed by atoms with van der Waals surface area (Å²) in [6.07, 6.45) is 12.3. The van der Waals surface area contributed by atoms with Gasteiger partial charge >= 0.3 is 0 Å². The maximum Gasteiger partial charge on any atom is 0.273 e. The van der Waals surface area contributed by atoms with Gasteiger partial charge < -0.3 is 19.9 Å². The van der Waals surface area contributed by atoms with Gasteiger partial charge in [-0.3, -0.25) is 9.59 Å². The number of halogens is 1. The molecular weight excluding hydrogens is 494 g/mol. The number of carbonyl (C=O) groups is 2. The van der Waals surface area contributed by atoms with Gasteiger partial charge in [-0.05, 0) is 48.4 Å². The van der Waals surface area contributed by atoms with Gasteiger partial charge in [0.15, 0.2) is 5.69 Å². The summed E-state index contributed by atoms with van der Waals surface area (Å²) in [5, 5.41) is 11.6. The number of nitrogens with one attached hydrogen (secondary N) is 1. The van der Waals surface area contributed by atoms with Crippen molar-refractivity contribution in [2.45, 2.75) is 44.7 Å². The molecule has 5 heterocycles. The van der Waals surface area contributed by atoms with Crippen LogP contribution < -0.4 is 11.1 Å². The van der Waals surface area contributed by atoms with Crippen LogP contribution in [-0.2, 0) is 24.3 Å². The van der Waals surface area contributed by atoms with Crippen molar-refractivity contribution in [3.63, 3.8) is 0 Å². The number of rotatable bonds is 9. The number of carbonyl (C=O) groups excluding carboxylic acids is 2. The van der Waals surface area contributed by atoms with Gasteiger partial charge in [-0.25, -0.2) is 14.6 Å². The predicted octanol–water partition coefficient (Wildman–Crippen LogP) is 2.50. The zero-order chi connectivity index (χ0) is 25.5. The van der Waals surface area contributed by atoms with E-state index in [-0.39, 0.29) is 30.5 Å². The van der Waals surface area contributed by atoms with E-state index in [0.29, 0.717) is 29.6 Å². The number of nitrogens with zero attached hydrogens (tertiary/aromatic N) is 7. The molecule has 0 spiro atoms. The third-order valence-electron chi connectivity index (χ3n) is 6.48. The Labute approximate surface area is 216 Å². The zero-order valence-corrected chi connectivity index (χ0v) is 20.6. The minimum absolute atomic E-state index is 0.198. The average molecular weight is 518 g/mol. The number of primary amides is 1. The Kier molecular flexibility index (Phi) is 5.84. The molecule has 37 heavy (non-hydrogen) atoms. The maximum atomic E-state index is 12.7. The number of pyridine rings is 2. The molecule has 1 aliphatic rings. The Morgan fingerprint density at radius 3 is 2.84 bits per heavy atom.